The maximum Gasteiger partial charge on any atom is 0.259 e. The van der Waals surface area contributed by atoms with Gasteiger partial charge in [-0.15, -0.1) is 0 Å². The number of nitrogens with zero attached hydrogens (tertiary/aromatic N) is 1. The van der Waals surface area contributed by atoms with Crippen molar-refractivity contribution < 1.29 is 13.9 Å². The number of aromatic amines is 1. The first-order valence-corrected chi connectivity index (χ1v) is 5.26. The van der Waals surface area contributed by atoms with E-state index < -0.39 is 5.82 Å². The van der Waals surface area contributed by atoms with Crippen molar-refractivity contribution in [2.45, 2.75) is 6.92 Å². The number of hydrogen-bond donors (Lipinski definition) is 2. The minimum absolute atomic E-state index is 0.132. The van der Waals surface area contributed by atoms with Gasteiger partial charge in [0.2, 0.25) is 0 Å². The maximum absolute atomic E-state index is 13.4. The van der Waals surface area contributed by atoms with Gasteiger partial charge in [-0.05, 0) is 19.1 Å². The molecular weight excluding hydrogens is 237 g/mol. The Balaban J connectivity index is 2.17. The van der Waals surface area contributed by atoms with Gasteiger partial charge in [0.1, 0.15) is 0 Å². The van der Waals surface area contributed by atoms with Gasteiger partial charge in [0, 0.05) is 17.4 Å². The Morgan fingerprint density at radius 1 is 1.50 bits per heavy atom. The molecule has 0 unspecified atom stereocenters. The molecule has 1 amide bonds. The second-order valence-electron chi connectivity index (χ2n) is 3.71. The van der Waals surface area contributed by atoms with Crippen molar-refractivity contribution in [2.24, 2.45) is 0 Å². The molecule has 1 heterocycles. The third kappa shape index (κ3) is 2.32. The number of hydrogen-bond acceptors (Lipinski definition) is 3. The summed E-state index contributed by atoms with van der Waals surface area (Å²) < 4.78 is 18.2. The molecule has 2 N–H and O–H groups in total. The number of nitrogens with one attached hydrogen (secondary N) is 2. The average Bonchev–Trinajstić information content (AvgIpc) is 2.76. The van der Waals surface area contributed by atoms with Crippen LogP contribution < -0.4 is 10.1 Å². The SMILES string of the molecule is COc1ccc(NC(=O)c2cn[nH]c2C)cc1F. The maximum atomic E-state index is 13.4. The van der Waals surface area contributed by atoms with Gasteiger partial charge < -0.3 is 10.1 Å². The lowest BCUT2D eigenvalue weighted by Gasteiger charge is -2.06. The molecule has 0 saturated heterocycles. The fourth-order valence-corrected chi connectivity index (χ4v) is 1.52. The molecule has 1 aromatic carbocycles. The summed E-state index contributed by atoms with van der Waals surface area (Å²) in [6.45, 7) is 1.73. The van der Waals surface area contributed by atoms with Crippen LogP contribution in [0.15, 0.2) is 24.4 Å². The quantitative estimate of drug-likeness (QED) is 0.875. The lowest BCUT2D eigenvalue weighted by atomic mass is 10.2. The Morgan fingerprint density at radius 3 is 2.83 bits per heavy atom. The van der Waals surface area contributed by atoms with Crippen LogP contribution in [-0.4, -0.2) is 23.2 Å². The molecule has 94 valence electrons. The van der Waals surface area contributed by atoms with E-state index >= 15 is 0 Å². The number of benzene rings is 1. The molecule has 2 aromatic rings. The molecule has 0 spiro atoms. The summed E-state index contributed by atoms with van der Waals surface area (Å²) >= 11 is 0. The third-order valence-corrected chi connectivity index (χ3v) is 2.48. The average molecular weight is 249 g/mol. The van der Waals surface area contributed by atoms with Crippen LogP contribution in [0.2, 0.25) is 0 Å². The fourth-order valence-electron chi connectivity index (χ4n) is 1.52. The van der Waals surface area contributed by atoms with E-state index in [0.717, 1.165) is 0 Å². The van der Waals surface area contributed by atoms with Gasteiger partial charge in [0.25, 0.3) is 5.91 Å². The number of ether oxygens (including phenoxy) is 1. The summed E-state index contributed by atoms with van der Waals surface area (Å²) in [5, 5.41) is 8.99. The predicted octanol–water partition coefficient (Wildman–Crippen LogP) is 2.12. The van der Waals surface area contributed by atoms with Crippen LogP contribution >= 0.6 is 0 Å². The summed E-state index contributed by atoms with van der Waals surface area (Å²) in [5.41, 5.74) is 1.44. The Hall–Kier alpha value is -2.37. The van der Waals surface area contributed by atoms with E-state index in [4.69, 9.17) is 4.74 Å². The smallest absolute Gasteiger partial charge is 0.259 e. The predicted molar refractivity (Wildman–Crippen MR) is 64.2 cm³/mol. The number of H-pyrrole nitrogens is 1. The zero-order chi connectivity index (χ0) is 13.1. The monoisotopic (exact) mass is 249 g/mol. The highest BCUT2D eigenvalue weighted by Gasteiger charge is 2.12. The normalized spacial score (nSPS) is 10.2. The number of aryl methyl sites for hydroxylation is 1. The van der Waals surface area contributed by atoms with E-state index in [-0.39, 0.29) is 11.7 Å². The molecule has 0 aliphatic carbocycles. The van der Waals surface area contributed by atoms with Crippen molar-refractivity contribution in [1.82, 2.24) is 10.2 Å². The van der Waals surface area contributed by atoms with Gasteiger partial charge in [-0.25, -0.2) is 4.39 Å². The van der Waals surface area contributed by atoms with Crippen LogP contribution in [0.25, 0.3) is 0 Å². The van der Waals surface area contributed by atoms with Crippen molar-refractivity contribution in [1.29, 1.82) is 0 Å². The number of rotatable bonds is 3. The number of amides is 1. The van der Waals surface area contributed by atoms with Gasteiger partial charge >= 0.3 is 0 Å². The molecule has 0 atom stereocenters. The molecule has 2 rings (SSSR count). The number of halogens is 1. The van der Waals surface area contributed by atoms with E-state index in [9.17, 15) is 9.18 Å². The third-order valence-electron chi connectivity index (χ3n) is 2.48. The van der Waals surface area contributed by atoms with Crippen LogP contribution in [-0.2, 0) is 0 Å². The summed E-state index contributed by atoms with van der Waals surface area (Å²) in [6.07, 6.45) is 1.42. The Bertz CT molecular complexity index is 580. The Morgan fingerprint density at radius 2 is 2.28 bits per heavy atom. The van der Waals surface area contributed by atoms with Crippen molar-refractivity contribution in [3.05, 3.63) is 41.5 Å². The molecule has 5 nitrogen and oxygen atoms in total. The first kappa shape index (κ1) is 12.1. The lowest BCUT2D eigenvalue weighted by molar-refractivity contribution is 0.102. The van der Waals surface area contributed by atoms with Crippen molar-refractivity contribution >= 4 is 11.6 Å². The second kappa shape index (κ2) is 4.87. The number of aromatic nitrogens is 2. The first-order valence-electron chi connectivity index (χ1n) is 5.26. The largest absolute Gasteiger partial charge is 0.494 e. The number of anilines is 1. The van der Waals surface area contributed by atoms with Crippen LogP contribution in [0.1, 0.15) is 16.1 Å². The number of carbonyl (C=O) groups is 1. The highest BCUT2D eigenvalue weighted by molar-refractivity contribution is 6.04. The standard InChI is InChI=1S/C12H12FN3O2/c1-7-9(6-14-16-7)12(17)15-8-3-4-11(18-2)10(13)5-8/h3-6H,1-2H3,(H,14,16)(H,15,17). The van der Waals surface area contributed by atoms with Crippen LogP contribution in [0.3, 0.4) is 0 Å². The minimum Gasteiger partial charge on any atom is -0.494 e. The van der Waals surface area contributed by atoms with Crippen LogP contribution in [0.5, 0.6) is 5.75 Å². The van der Waals surface area contributed by atoms with Crippen molar-refractivity contribution in [3.63, 3.8) is 0 Å². The zero-order valence-electron chi connectivity index (χ0n) is 9.95. The van der Waals surface area contributed by atoms with Crippen LogP contribution in [0.4, 0.5) is 10.1 Å². The molecule has 0 radical (unpaired) electrons. The molecule has 0 fully saturated rings. The van der Waals surface area contributed by atoms with E-state index in [1.807, 2.05) is 0 Å². The van der Waals surface area contributed by atoms with Gasteiger partial charge in [-0.2, -0.15) is 5.10 Å². The van der Waals surface area contributed by atoms with Crippen molar-refractivity contribution in [2.75, 3.05) is 12.4 Å². The molecule has 0 bridgehead atoms. The fraction of sp³-hybridized carbons (Fsp3) is 0.167. The van der Waals surface area contributed by atoms with Gasteiger partial charge in [0.15, 0.2) is 11.6 Å². The minimum atomic E-state index is -0.529. The van der Waals surface area contributed by atoms with Gasteiger partial charge in [-0.3, -0.25) is 9.89 Å². The van der Waals surface area contributed by atoms with Crippen LogP contribution in [0, 0.1) is 12.7 Å². The van der Waals surface area contributed by atoms with E-state index in [1.54, 1.807) is 13.0 Å². The van der Waals surface area contributed by atoms with E-state index in [0.29, 0.717) is 16.9 Å². The summed E-state index contributed by atoms with van der Waals surface area (Å²) in [6, 6.07) is 4.22. The highest BCUT2D eigenvalue weighted by atomic mass is 19.1. The van der Waals surface area contributed by atoms with E-state index in [1.165, 1.54) is 25.4 Å². The summed E-state index contributed by atoms with van der Waals surface area (Å²) in [7, 11) is 1.38. The Kier molecular flexibility index (Phi) is 3.27. The summed E-state index contributed by atoms with van der Waals surface area (Å²) in [4.78, 5) is 11.8. The zero-order valence-corrected chi connectivity index (χ0v) is 9.95. The second-order valence-corrected chi connectivity index (χ2v) is 3.71. The summed E-state index contributed by atoms with van der Waals surface area (Å²) in [5.74, 6) is -0.738. The van der Waals surface area contributed by atoms with Gasteiger partial charge in [-0.1, -0.05) is 0 Å². The van der Waals surface area contributed by atoms with E-state index in [2.05, 4.69) is 15.5 Å². The molecule has 6 heteroatoms. The molecule has 1 aromatic heterocycles. The Labute approximate surface area is 103 Å². The number of methoxy groups -OCH3 is 1. The highest BCUT2D eigenvalue weighted by Crippen LogP contribution is 2.21. The molecular formula is C12H12FN3O2. The van der Waals surface area contributed by atoms with Crippen molar-refractivity contribution in [3.8, 4) is 5.75 Å². The van der Waals surface area contributed by atoms with Gasteiger partial charge in [0.05, 0.1) is 18.9 Å². The molecule has 0 aliphatic heterocycles. The molecule has 18 heavy (non-hydrogen) atoms. The number of carbonyl (C=O) groups excluding carboxylic acids is 1. The lowest BCUT2D eigenvalue weighted by Crippen LogP contribution is -2.12. The molecule has 0 saturated carbocycles. The topological polar surface area (TPSA) is 67.0 Å². The first-order chi connectivity index (χ1) is 8.61. The molecule has 0 aliphatic rings.